The van der Waals surface area contributed by atoms with Crippen LogP contribution in [-0.4, -0.2) is 28.3 Å². The van der Waals surface area contributed by atoms with Crippen molar-refractivity contribution in [2.75, 3.05) is 6.61 Å². The quantitative estimate of drug-likeness (QED) is 0.637. The Balaban J connectivity index is 2.76. The SMILES string of the molecule is CCOC(=O)C1C(CC)CCC1NC(=O)C(Cl)(Cl)Cl. The Hall–Kier alpha value is -0.190. The van der Waals surface area contributed by atoms with Crippen LogP contribution in [0.1, 0.15) is 33.1 Å². The topological polar surface area (TPSA) is 55.4 Å². The molecule has 3 atom stereocenters. The summed E-state index contributed by atoms with van der Waals surface area (Å²) in [5, 5.41) is 2.64. The summed E-state index contributed by atoms with van der Waals surface area (Å²) in [6.07, 6.45) is 2.39. The molecule has 0 aliphatic heterocycles. The molecular weight excluding hydrogens is 312 g/mol. The molecule has 0 heterocycles. The highest BCUT2D eigenvalue weighted by Crippen LogP contribution is 2.36. The molecule has 0 aromatic heterocycles. The number of hydrogen-bond acceptors (Lipinski definition) is 3. The number of alkyl halides is 3. The number of esters is 1. The minimum absolute atomic E-state index is 0.194. The second-order valence-corrected chi connectivity index (χ2v) is 6.88. The fraction of sp³-hybridized carbons (Fsp3) is 0.833. The fourth-order valence-electron chi connectivity index (χ4n) is 2.55. The van der Waals surface area contributed by atoms with Crippen molar-refractivity contribution in [3.63, 3.8) is 0 Å². The molecular formula is C12H18Cl3NO3. The highest BCUT2D eigenvalue weighted by atomic mass is 35.6. The normalized spacial score (nSPS) is 27.1. The Morgan fingerprint density at radius 3 is 2.37 bits per heavy atom. The van der Waals surface area contributed by atoms with Crippen molar-refractivity contribution in [1.29, 1.82) is 0 Å². The Morgan fingerprint density at radius 2 is 1.89 bits per heavy atom. The van der Waals surface area contributed by atoms with Crippen molar-refractivity contribution in [1.82, 2.24) is 5.32 Å². The fourth-order valence-corrected chi connectivity index (χ4v) is 2.71. The largest absolute Gasteiger partial charge is 0.466 e. The Bertz CT molecular complexity index is 344. The number of nitrogens with one attached hydrogen (secondary N) is 1. The molecule has 0 saturated heterocycles. The van der Waals surface area contributed by atoms with Crippen LogP contribution in [0.4, 0.5) is 0 Å². The number of carbonyl (C=O) groups is 2. The Morgan fingerprint density at radius 1 is 1.26 bits per heavy atom. The number of rotatable bonds is 4. The van der Waals surface area contributed by atoms with E-state index in [0.717, 1.165) is 12.8 Å². The molecule has 19 heavy (non-hydrogen) atoms. The molecule has 0 radical (unpaired) electrons. The zero-order chi connectivity index (χ0) is 14.6. The molecule has 1 amide bonds. The summed E-state index contributed by atoms with van der Waals surface area (Å²) in [4.78, 5) is 23.7. The van der Waals surface area contributed by atoms with Crippen LogP contribution in [0, 0.1) is 11.8 Å². The molecule has 0 spiro atoms. The van der Waals surface area contributed by atoms with Crippen LogP contribution >= 0.6 is 34.8 Å². The zero-order valence-electron chi connectivity index (χ0n) is 10.9. The predicted molar refractivity (Wildman–Crippen MR) is 75.4 cm³/mol. The number of ether oxygens (including phenoxy) is 1. The third-order valence-corrected chi connectivity index (χ3v) is 3.96. The van der Waals surface area contributed by atoms with Gasteiger partial charge in [0.2, 0.25) is 0 Å². The molecule has 110 valence electrons. The summed E-state index contributed by atoms with van der Waals surface area (Å²) in [6, 6.07) is -0.327. The van der Waals surface area contributed by atoms with Crippen molar-refractivity contribution in [3.8, 4) is 0 Å². The van der Waals surface area contributed by atoms with Crippen LogP contribution < -0.4 is 5.32 Å². The lowest BCUT2D eigenvalue weighted by Gasteiger charge is -2.24. The van der Waals surface area contributed by atoms with Gasteiger partial charge in [-0.15, -0.1) is 0 Å². The predicted octanol–water partition coefficient (Wildman–Crippen LogP) is 2.84. The summed E-state index contributed by atoms with van der Waals surface area (Å²) in [5.74, 6) is -1.16. The molecule has 1 saturated carbocycles. The highest BCUT2D eigenvalue weighted by molar-refractivity contribution is 6.76. The molecule has 1 fully saturated rings. The second-order valence-electron chi connectivity index (χ2n) is 4.60. The van der Waals surface area contributed by atoms with E-state index in [-0.39, 0.29) is 23.8 Å². The van der Waals surface area contributed by atoms with Crippen molar-refractivity contribution >= 4 is 46.7 Å². The molecule has 7 heteroatoms. The lowest BCUT2D eigenvalue weighted by atomic mass is 9.91. The van der Waals surface area contributed by atoms with Crippen LogP contribution in [0.3, 0.4) is 0 Å². The molecule has 4 nitrogen and oxygen atoms in total. The van der Waals surface area contributed by atoms with Crippen molar-refractivity contribution in [2.45, 2.75) is 42.9 Å². The lowest BCUT2D eigenvalue weighted by molar-refractivity contribution is -0.150. The van der Waals surface area contributed by atoms with Crippen LogP contribution in [-0.2, 0) is 14.3 Å². The maximum Gasteiger partial charge on any atom is 0.311 e. The summed E-state index contributed by atoms with van der Waals surface area (Å²) >= 11 is 16.6. The van der Waals surface area contributed by atoms with Crippen molar-refractivity contribution < 1.29 is 14.3 Å². The second kappa shape index (κ2) is 7.00. The first kappa shape index (κ1) is 16.9. The molecule has 3 unspecified atom stereocenters. The van der Waals surface area contributed by atoms with Crippen LogP contribution in [0.15, 0.2) is 0 Å². The first-order valence-corrected chi connectivity index (χ1v) is 7.48. The van der Waals surface area contributed by atoms with E-state index in [2.05, 4.69) is 5.32 Å². The van der Waals surface area contributed by atoms with Gasteiger partial charge in [0.15, 0.2) is 0 Å². The van der Waals surface area contributed by atoms with Gasteiger partial charge in [0.05, 0.1) is 12.5 Å². The Kier molecular flexibility index (Phi) is 6.21. The number of amides is 1. The van der Waals surface area contributed by atoms with E-state index in [4.69, 9.17) is 39.5 Å². The monoisotopic (exact) mass is 329 g/mol. The van der Waals surface area contributed by atoms with Crippen molar-refractivity contribution in [2.24, 2.45) is 11.8 Å². The third kappa shape index (κ3) is 4.40. The van der Waals surface area contributed by atoms with Gasteiger partial charge in [0, 0.05) is 6.04 Å². The van der Waals surface area contributed by atoms with Gasteiger partial charge in [0.25, 0.3) is 9.70 Å². The zero-order valence-corrected chi connectivity index (χ0v) is 13.2. The average Bonchev–Trinajstić information content (AvgIpc) is 2.71. The van der Waals surface area contributed by atoms with E-state index in [1.807, 2.05) is 6.92 Å². The first-order chi connectivity index (χ1) is 8.81. The molecule has 1 aliphatic carbocycles. The smallest absolute Gasteiger partial charge is 0.311 e. The molecule has 1 aliphatic rings. The van der Waals surface area contributed by atoms with E-state index in [0.29, 0.717) is 13.0 Å². The molecule has 0 bridgehead atoms. The van der Waals surface area contributed by atoms with Crippen LogP contribution in [0.5, 0.6) is 0 Å². The van der Waals surface area contributed by atoms with Gasteiger partial charge in [-0.05, 0) is 25.7 Å². The summed E-state index contributed by atoms with van der Waals surface area (Å²) < 4.78 is 3.06. The molecule has 1 N–H and O–H groups in total. The number of halogens is 3. The minimum Gasteiger partial charge on any atom is -0.466 e. The summed E-state index contributed by atoms with van der Waals surface area (Å²) in [7, 11) is 0. The van der Waals surface area contributed by atoms with E-state index in [1.54, 1.807) is 6.92 Å². The van der Waals surface area contributed by atoms with E-state index >= 15 is 0 Å². The van der Waals surface area contributed by atoms with Gasteiger partial charge in [0.1, 0.15) is 0 Å². The van der Waals surface area contributed by atoms with E-state index in [9.17, 15) is 9.59 Å². The third-order valence-electron chi connectivity index (χ3n) is 3.45. The first-order valence-electron chi connectivity index (χ1n) is 6.35. The highest BCUT2D eigenvalue weighted by Gasteiger charge is 2.43. The van der Waals surface area contributed by atoms with Gasteiger partial charge in [-0.25, -0.2) is 0 Å². The summed E-state index contributed by atoms with van der Waals surface area (Å²) in [5.41, 5.74) is 0. The molecule has 0 aromatic carbocycles. The van der Waals surface area contributed by atoms with Crippen LogP contribution in [0.25, 0.3) is 0 Å². The number of carbonyl (C=O) groups excluding carboxylic acids is 2. The van der Waals surface area contributed by atoms with Gasteiger partial charge in [-0.2, -0.15) is 0 Å². The van der Waals surface area contributed by atoms with E-state index in [1.165, 1.54) is 0 Å². The average molecular weight is 331 g/mol. The maximum atomic E-state index is 12.0. The van der Waals surface area contributed by atoms with Crippen molar-refractivity contribution in [3.05, 3.63) is 0 Å². The van der Waals surface area contributed by atoms with E-state index < -0.39 is 9.70 Å². The van der Waals surface area contributed by atoms with Gasteiger partial charge >= 0.3 is 5.97 Å². The lowest BCUT2D eigenvalue weighted by Crippen LogP contribution is -2.46. The van der Waals surface area contributed by atoms with Gasteiger partial charge in [-0.3, -0.25) is 9.59 Å². The number of hydrogen-bond donors (Lipinski definition) is 1. The Labute approximate surface area is 128 Å². The minimum atomic E-state index is -2.01. The summed E-state index contributed by atoms with van der Waals surface area (Å²) in [6.45, 7) is 4.08. The van der Waals surface area contributed by atoms with Gasteiger partial charge in [-0.1, -0.05) is 48.1 Å². The molecule has 0 aromatic rings. The molecule has 1 rings (SSSR count). The van der Waals surface area contributed by atoms with Crippen LogP contribution in [0.2, 0.25) is 0 Å². The van der Waals surface area contributed by atoms with Gasteiger partial charge < -0.3 is 10.1 Å². The standard InChI is InChI=1S/C12H18Cl3NO3/c1-3-7-5-6-8(9(7)10(17)19-4-2)16-11(18)12(13,14)15/h7-9H,3-6H2,1-2H3,(H,16,18). The maximum absolute atomic E-state index is 12.0.